The van der Waals surface area contributed by atoms with Crippen LogP contribution in [0.2, 0.25) is 0 Å². The maximum Gasteiger partial charge on any atom is 0.0628 e. The molecule has 0 bridgehead atoms. The first-order valence-corrected chi connectivity index (χ1v) is 13.4. The predicted molar refractivity (Wildman–Crippen MR) is 128 cm³/mol. The van der Waals surface area contributed by atoms with Crippen LogP contribution in [0, 0.1) is 51.8 Å². The quantitative estimate of drug-likeness (QED) is 0.451. The SMILES string of the molecule is CC(C)CCC[C@H](C)[C@H]1CC[C@H]2[C@@H]3CC=C4C(C)(C)[C@@H](O)CC[C@]4(C)[C@H]3CC[C@]12C. The van der Waals surface area contributed by atoms with Crippen LogP contribution in [-0.2, 0) is 0 Å². The molecule has 30 heavy (non-hydrogen) atoms. The standard InChI is InChI=1S/C29H50O/c1-19(2)9-8-10-20(3)22-12-13-23-21-11-14-25-27(4,5)26(30)16-18-29(25,7)24(21)15-17-28(22,23)6/h14,19-24,26,30H,8-13,15-18H2,1-7H3/t20-,21-,22+,23-,24-,26-,28+,29+/m0/s1. The van der Waals surface area contributed by atoms with Crippen LogP contribution in [0.15, 0.2) is 11.6 Å². The summed E-state index contributed by atoms with van der Waals surface area (Å²) in [7, 11) is 0. The molecule has 3 fully saturated rings. The number of hydrogen-bond donors (Lipinski definition) is 1. The van der Waals surface area contributed by atoms with E-state index in [1.165, 1.54) is 57.8 Å². The number of hydrogen-bond acceptors (Lipinski definition) is 1. The van der Waals surface area contributed by atoms with Crippen molar-refractivity contribution in [2.45, 2.75) is 119 Å². The van der Waals surface area contributed by atoms with E-state index in [0.29, 0.717) is 10.8 Å². The lowest BCUT2D eigenvalue weighted by Gasteiger charge is -2.61. The fourth-order valence-electron chi connectivity index (χ4n) is 9.41. The molecule has 0 spiro atoms. The molecular formula is C29H50O. The lowest BCUT2D eigenvalue weighted by molar-refractivity contribution is -0.0782. The van der Waals surface area contributed by atoms with Crippen LogP contribution in [0.5, 0.6) is 0 Å². The number of fused-ring (bicyclic) bond motifs is 5. The molecule has 0 aromatic heterocycles. The third-order valence-corrected chi connectivity index (χ3v) is 11.1. The Morgan fingerprint density at radius 3 is 2.37 bits per heavy atom. The van der Waals surface area contributed by atoms with E-state index in [4.69, 9.17) is 0 Å². The second-order valence-electron chi connectivity index (χ2n) is 13.5. The number of allylic oxidation sites excluding steroid dienone is 1. The van der Waals surface area contributed by atoms with Gasteiger partial charge in [0.25, 0.3) is 0 Å². The summed E-state index contributed by atoms with van der Waals surface area (Å²) in [6, 6.07) is 0. The van der Waals surface area contributed by atoms with Crippen LogP contribution in [0.3, 0.4) is 0 Å². The highest BCUT2D eigenvalue weighted by molar-refractivity contribution is 5.31. The van der Waals surface area contributed by atoms with E-state index in [9.17, 15) is 5.11 Å². The summed E-state index contributed by atoms with van der Waals surface area (Å²) in [5.74, 6) is 5.34. The van der Waals surface area contributed by atoms with E-state index < -0.39 is 0 Å². The van der Waals surface area contributed by atoms with Gasteiger partial charge < -0.3 is 5.11 Å². The van der Waals surface area contributed by atoms with Crippen molar-refractivity contribution in [3.8, 4) is 0 Å². The second kappa shape index (κ2) is 7.93. The molecular weight excluding hydrogens is 364 g/mol. The Morgan fingerprint density at radius 1 is 0.933 bits per heavy atom. The zero-order valence-corrected chi connectivity index (χ0v) is 21.1. The Kier molecular flexibility index (Phi) is 6.05. The van der Waals surface area contributed by atoms with Gasteiger partial charge in [0.1, 0.15) is 0 Å². The van der Waals surface area contributed by atoms with Crippen molar-refractivity contribution in [1.82, 2.24) is 0 Å². The first-order chi connectivity index (χ1) is 14.0. The third kappa shape index (κ3) is 3.45. The van der Waals surface area contributed by atoms with E-state index in [-0.39, 0.29) is 11.5 Å². The molecule has 0 aromatic rings. The molecule has 0 amide bonds. The van der Waals surface area contributed by atoms with E-state index in [0.717, 1.165) is 41.9 Å². The van der Waals surface area contributed by atoms with Crippen LogP contribution in [-0.4, -0.2) is 11.2 Å². The molecule has 4 aliphatic carbocycles. The van der Waals surface area contributed by atoms with Gasteiger partial charge in [-0.25, -0.2) is 0 Å². The fraction of sp³-hybridized carbons (Fsp3) is 0.931. The van der Waals surface area contributed by atoms with Gasteiger partial charge in [0.15, 0.2) is 0 Å². The average molecular weight is 415 g/mol. The number of aliphatic hydroxyl groups is 1. The zero-order valence-electron chi connectivity index (χ0n) is 21.1. The Hall–Kier alpha value is -0.300. The van der Waals surface area contributed by atoms with Crippen molar-refractivity contribution in [1.29, 1.82) is 0 Å². The Bertz CT molecular complexity index is 659. The smallest absolute Gasteiger partial charge is 0.0628 e. The van der Waals surface area contributed by atoms with Crippen LogP contribution < -0.4 is 0 Å². The second-order valence-corrected chi connectivity index (χ2v) is 13.5. The monoisotopic (exact) mass is 414 g/mol. The van der Waals surface area contributed by atoms with Gasteiger partial charge >= 0.3 is 0 Å². The summed E-state index contributed by atoms with van der Waals surface area (Å²) in [6.45, 7) is 17.2. The Labute approximate surface area is 187 Å². The van der Waals surface area contributed by atoms with Crippen molar-refractivity contribution < 1.29 is 5.11 Å². The van der Waals surface area contributed by atoms with Gasteiger partial charge in [-0.3, -0.25) is 0 Å². The van der Waals surface area contributed by atoms with Crippen molar-refractivity contribution in [2.24, 2.45) is 51.8 Å². The predicted octanol–water partition coefficient (Wildman–Crippen LogP) is 8.02. The van der Waals surface area contributed by atoms with Gasteiger partial charge in [0, 0.05) is 5.41 Å². The van der Waals surface area contributed by atoms with E-state index >= 15 is 0 Å². The molecule has 0 saturated heterocycles. The minimum absolute atomic E-state index is 0.0398. The molecule has 8 atom stereocenters. The molecule has 0 radical (unpaired) electrons. The van der Waals surface area contributed by atoms with Gasteiger partial charge in [-0.2, -0.15) is 0 Å². The maximum absolute atomic E-state index is 10.7. The van der Waals surface area contributed by atoms with Gasteiger partial charge in [-0.15, -0.1) is 0 Å². The zero-order chi connectivity index (χ0) is 21.9. The summed E-state index contributed by atoms with van der Waals surface area (Å²) in [4.78, 5) is 0. The highest BCUT2D eigenvalue weighted by Crippen LogP contribution is 2.68. The Morgan fingerprint density at radius 2 is 1.67 bits per heavy atom. The molecule has 1 N–H and O–H groups in total. The molecule has 172 valence electrons. The number of aliphatic hydroxyl groups excluding tert-OH is 1. The lowest BCUT2D eigenvalue weighted by Crippen LogP contribution is -2.54. The van der Waals surface area contributed by atoms with Gasteiger partial charge in [0.05, 0.1) is 6.10 Å². The molecule has 0 unspecified atom stereocenters. The summed E-state index contributed by atoms with van der Waals surface area (Å²) < 4.78 is 0. The van der Waals surface area contributed by atoms with Crippen molar-refractivity contribution in [3.05, 3.63) is 11.6 Å². The fourth-order valence-corrected chi connectivity index (χ4v) is 9.41. The van der Waals surface area contributed by atoms with E-state index in [1.807, 2.05) is 0 Å². The summed E-state index contributed by atoms with van der Waals surface area (Å²) >= 11 is 0. The lowest BCUT2D eigenvalue weighted by atomic mass is 9.44. The topological polar surface area (TPSA) is 20.2 Å². The van der Waals surface area contributed by atoms with Gasteiger partial charge in [-0.1, -0.05) is 79.4 Å². The van der Waals surface area contributed by atoms with Crippen LogP contribution in [0.1, 0.15) is 113 Å². The highest BCUT2D eigenvalue weighted by Gasteiger charge is 2.61. The molecule has 4 rings (SSSR count). The van der Waals surface area contributed by atoms with Crippen LogP contribution in [0.4, 0.5) is 0 Å². The first kappa shape index (κ1) is 22.9. The average Bonchev–Trinajstić information content (AvgIpc) is 3.02. The van der Waals surface area contributed by atoms with Crippen molar-refractivity contribution >= 4 is 0 Å². The summed E-state index contributed by atoms with van der Waals surface area (Å²) in [5, 5.41) is 10.7. The molecule has 4 aliphatic rings. The van der Waals surface area contributed by atoms with Crippen LogP contribution >= 0.6 is 0 Å². The van der Waals surface area contributed by atoms with Gasteiger partial charge in [-0.05, 0) is 91.3 Å². The molecule has 0 aromatic carbocycles. The number of rotatable bonds is 5. The Balaban J connectivity index is 1.54. The minimum Gasteiger partial charge on any atom is -0.392 e. The van der Waals surface area contributed by atoms with Crippen molar-refractivity contribution in [3.63, 3.8) is 0 Å². The largest absolute Gasteiger partial charge is 0.392 e. The van der Waals surface area contributed by atoms with Crippen LogP contribution in [0.25, 0.3) is 0 Å². The normalized spacial score (nSPS) is 46.0. The third-order valence-electron chi connectivity index (χ3n) is 11.1. The molecule has 1 nitrogen and oxygen atoms in total. The van der Waals surface area contributed by atoms with Gasteiger partial charge in [0.2, 0.25) is 0 Å². The van der Waals surface area contributed by atoms with E-state index in [1.54, 1.807) is 5.57 Å². The molecule has 0 aliphatic heterocycles. The highest BCUT2D eigenvalue weighted by atomic mass is 16.3. The molecule has 0 heterocycles. The minimum atomic E-state index is -0.162. The maximum atomic E-state index is 10.7. The molecule has 3 saturated carbocycles. The van der Waals surface area contributed by atoms with E-state index in [2.05, 4.69) is 54.5 Å². The summed E-state index contributed by atoms with van der Waals surface area (Å²) in [6.07, 6.45) is 16.0. The summed E-state index contributed by atoms with van der Waals surface area (Å²) in [5.41, 5.74) is 2.47. The molecule has 1 heteroatoms. The first-order valence-electron chi connectivity index (χ1n) is 13.4. The van der Waals surface area contributed by atoms with Crippen molar-refractivity contribution in [2.75, 3.05) is 0 Å².